The van der Waals surface area contributed by atoms with Crippen LogP contribution in [0.25, 0.3) is 0 Å². The van der Waals surface area contributed by atoms with Gasteiger partial charge in [0.15, 0.2) is 0 Å². The minimum Gasteiger partial charge on any atom is -0.489 e. The zero-order chi connectivity index (χ0) is 19.4. The fourth-order valence-corrected chi connectivity index (χ4v) is 3.40. The maximum absolute atomic E-state index is 12.4. The smallest absolute Gasteiger partial charge is 0.289 e. The quantitative estimate of drug-likeness (QED) is 0.750. The monoisotopic (exact) mass is 454 g/mol. The van der Waals surface area contributed by atoms with Crippen molar-refractivity contribution in [1.82, 2.24) is 14.7 Å². The van der Waals surface area contributed by atoms with Crippen LogP contribution in [0.3, 0.4) is 0 Å². The Morgan fingerprint density at radius 1 is 1.37 bits per heavy atom. The molecule has 1 aromatic heterocycles. The number of carbonyl (C=O) groups excluding carboxylic acids is 1. The number of nitrogens with one attached hydrogen (secondary N) is 1. The van der Waals surface area contributed by atoms with Crippen molar-refractivity contribution < 1.29 is 9.53 Å². The zero-order valence-corrected chi connectivity index (χ0v) is 17.2. The molecule has 0 atom stereocenters. The van der Waals surface area contributed by atoms with Crippen LogP contribution in [-0.4, -0.2) is 46.3 Å². The highest BCUT2D eigenvalue weighted by Crippen LogP contribution is 2.30. The molecule has 7 nitrogen and oxygen atoms in total. The lowest BCUT2D eigenvalue weighted by Crippen LogP contribution is -2.44. The summed E-state index contributed by atoms with van der Waals surface area (Å²) in [5, 5.41) is 7.32. The van der Waals surface area contributed by atoms with E-state index in [1.807, 2.05) is 12.1 Å². The number of piperidine rings is 1. The Kier molecular flexibility index (Phi) is 6.38. The topological polar surface area (TPSA) is 76.5 Å². The molecule has 2 heterocycles. The summed E-state index contributed by atoms with van der Waals surface area (Å²) in [6.45, 7) is 1.28. The predicted octanol–water partition coefficient (Wildman–Crippen LogP) is 2.68. The van der Waals surface area contributed by atoms with Gasteiger partial charge < -0.3 is 15.0 Å². The number of ether oxygens (including phenoxy) is 1. The van der Waals surface area contributed by atoms with Gasteiger partial charge in [-0.2, -0.15) is 5.10 Å². The van der Waals surface area contributed by atoms with Crippen LogP contribution < -0.4 is 15.6 Å². The first-order valence-electron chi connectivity index (χ1n) is 8.59. The molecule has 0 unspecified atom stereocenters. The van der Waals surface area contributed by atoms with Crippen LogP contribution in [0.5, 0.6) is 5.75 Å². The summed E-state index contributed by atoms with van der Waals surface area (Å²) in [5.41, 5.74) is 0.103. The average Bonchev–Trinajstić information content (AvgIpc) is 2.66. The number of carbonyl (C=O) groups is 1. The highest BCUT2D eigenvalue weighted by molar-refractivity contribution is 9.10. The number of benzene rings is 1. The number of amides is 1. The van der Waals surface area contributed by atoms with E-state index in [1.54, 1.807) is 24.1 Å². The van der Waals surface area contributed by atoms with Crippen molar-refractivity contribution in [2.75, 3.05) is 25.0 Å². The molecular weight excluding hydrogens is 436 g/mol. The van der Waals surface area contributed by atoms with Gasteiger partial charge in [0.1, 0.15) is 17.5 Å². The van der Waals surface area contributed by atoms with E-state index in [0.717, 1.165) is 17.3 Å². The van der Waals surface area contributed by atoms with E-state index >= 15 is 0 Å². The molecular formula is C18H20BrClN4O3. The van der Waals surface area contributed by atoms with Crippen molar-refractivity contribution in [1.29, 1.82) is 0 Å². The fraction of sp³-hybridized carbons (Fsp3) is 0.389. The number of hydrogen-bond acceptors (Lipinski definition) is 5. The van der Waals surface area contributed by atoms with Gasteiger partial charge in [0.2, 0.25) is 5.91 Å². The molecule has 0 bridgehead atoms. The summed E-state index contributed by atoms with van der Waals surface area (Å²) in [5.74, 6) is 0.596. The van der Waals surface area contributed by atoms with E-state index in [2.05, 4.69) is 26.3 Å². The standard InChI is InChI=1S/C18H20BrClN4O3/c1-23-18(26)15(4-7-22-23)21-11-17(25)24-8-5-13(6-9-24)27-16-10-12(19)2-3-14(16)20/h2-4,7,10,13,21H,5-6,8-9,11H2,1H3. The van der Waals surface area contributed by atoms with Gasteiger partial charge in [-0.25, -0.2) is 4.68 Å². The Balaban J connectivity index is 1.50. The molecule has 0 saturated carbocycles. The molecule has 1 saturated heterocycles. The molecule has 3 rings (SSSR count). The minimum atomic E-state index is -0.261. The third kappa shape index (κ3) is 5.01. The highest BCUT2D eigenvalue weighted by Gasteiger charge is 2.24. The minimum absolute atomic E-state index is 0.0151. The molecule has 0 radical (unpaired) electrons. The highest BCUT2D eigenvalue weighted by atomic mass is 79.9. The van der Waals surface area contributed by atoms with Gasteiger partial charge in [0, 0.05) is 43.6 Å². The largest absolute Gasteiger partial charge is 0.489 e. The second-order valence-electron chi connectivity index (χ2n) is 6.30. The van der Waals surface area contributed by atoms with Gasteiger partial charge in [-0.15, -0.1) is 0 Å². The van der Waals surface area contributed by atoms with Crippen molar-refractivity contribution in [3.05, 3.63) is 50.3 Å². The van der Waals surface area contributed by atoms with Crippen molar-refractivity contribution in [3.8, 4) is 5.75 Å². The lowest BCUT2D eigenvalue weighted by atomic mass is 10.1. The van der Waals surface area contributed by atoms with Crippen LogP contribution in [0.2, 0.25) is 5.02 Å². The van der Waals surface area contributed by atoms with Crippen LogP contribution >= 0.6 is 27.5 Å². The van der Waals surface area contributed by atoms with Crippen molar-refractivity contribution in [3.63, 3.8) is 0 Å². The molecule has 1 amide bonds. The molecule has 0 spiro atoms. The van der Waals surface area contributed by atoms with Gasteiger partial charge in [-0.1, -0.05) is 27.5 Å². The van der Waals surface area contributed by atoms with E-state index < -0.39 is 0 Å². The van der Waals surface area contributed by atoms with Crippen LogP contribution in [0, 0.1) is 0 Å². The van der Waals surface area contributed by atoms with Crippen LogP contribution in [-0.2, 0) is 11.8 Å². The Hall–Kier alpha value is -2.06. The summed E-state index contributed by atoms with van der Waals surface area (Å²) in [4.78, 5) is 26.1. The number of rotatable bonds is 5. The van der Waals surface area contributed by atoms with E-state index in [4.69, 9.17) is 16.3 Å². The van der Waals surface area contributed by atoms with Crippen LogP contribution in [0.15, 0.2) is 39.7 Å². The van der Waals surface area contributed by atoms with Gasteiger partial charge in [0.05, 0.1) is 11.6 Å². The fourth-order valence-electron chi connectivity index (χ4n) is 2.89. The summed E-state index contributed by atoms with van der Waals surface area (Å²) in [6.07, 6.45) is 2.99. The Morgan fingerprint density at radius 3 is 2.85 bits per heavy atom. The second kappa shape index (κ2) is 8.75. The summed E-state index contributed by atoms with van der Waals surface area (Å²) < 4.78 is 8.12. The van der Waals surface area contributed by atoms with E-state index in [-0.39, 0.29) is 24.1 Å². The van der Waals surface area contributed by atoms with Gasteiger partial charge >= 0.3 is 0 Å². The normalized spacial score (nSPS) is 14.9. The molecule has 1 aliphatic rings. The lowest BCUT2D eigenvalue weighted by molar-refractivity contribution is -0.131. The van der Waals surface area contributed by atoms with E-state index in [0.29, 0.717) is 29.5 Å². The molecule has 1 fully saturated rings. The molecule has 1 aliphatic heterocycles. The number of anilines is 1. The molecule has 9 heteroatoms. The predicted molar refractivity (Wildman–Crippen MR) is 107 cm³/mol. The Morgan fingerprint density at radius 2 is 2.11 bits per heavy atom. The maximum Gasteiger partial charge on any atom is 0.289 e. The van der Waals surface area contributed by atoms with E-state index in [1.165, 1.54) is 10.9 Å². The molecule has 144 valence electrons. The van der Waals surface area contributed by atoms with Gasteiger partial charge in [-0.05, 0) is 24.3 Å². The number of aromatic nitrogens is 2. The van der Waals surface area contributed by atoms with Crippen molar-refractivity contribution in [2.24, 2.45) is 7.05 Å². The lowest BCUT2D eigenvalue weighted by Gasteiger charge is -2.32. The third-order valence-corrected chi connectivity index (χ3v) is 5.22. The first-order valence-corrected chi connectivity index (χ1v) is 9.77. The van der Waals surface area contributed by atoms with Crippen molar-refractivity contribution in [2.45, 2.75) is 18.9 Å². The first-order chi connectivity index (χ1) is 12.9. The summed E-state index contributed by atoms with van der Waals surface area (Å²) in [7, 11) is 1.57. The molecule has 27 heavy (non-hydrogen) atoms. The van der Waals surface area contributed by atoms with E-state index in [9.17, 15) is 9.59 Å². The molecule has 2 aromatic rings. The number of likely N-dealkylation sites (tertiary alicyclic amines) is 1. The zero-order valence-electron chi connectivity index (χ0n) is 14.8. The van der Waals surface area contributed by atoms with Crippen LogP contribution in [0.1, 0.15) is 12.8 Å². The average molecular weight is 456 g/mol. The number of hydrogen-bond donors (Lipinski definition) is 1. The number of halogens is 2. The second-order valence-corrected chi connectivity index (χ2v) is 7.62. The molecule has 0 aliphatic carbocycles. The Labute approximate surface area is 170 Å². The first kappa shape index (κ1) is 19.7. The van der Waals surface area contributed by atoms with Crippen molar-refractivity contribution >= 4 is 39.1 Å². The number of aryl methyl sites for hydroxylation is 1. The Bertz CT molecular complexity index is 881. The van der Waals surface area contributed by atoms with Gasteiger partial charge in [-0.3, -0.25) is 9.59 Å². The summed E-state index contributed by atoms with van der Waals surface area (Å²) >= 11 is 9.58. The van der Waals surface area contributed by atoms with Gasteiger partial charge in [0.25, 0.3) is 5.56 Å². The maximum atomic E-state index is 12.4. The molecule has 1 N–H and O–H groups in total. The number of nitrogens with zero attached hydrogens (tertiary/aromatic N) is 3. The third-order valence-electron chi connectivity index (χ3n) is 4.42. The SMILES string of the molecule is Cn1nccc(NCC(=O)N2CCC(Oc3cc(Br)ccc3Cl)CC2)c1=O. The summed E-state index contributed by atoms with van der Waals surface area (Å²) in [6, 6.07) is 7.06. The van der Waals surface area contributed by atoms with Crippen LogP contribution in [0.4, 0.5) is 5.69 Å². The molecule has 1 aromatic carbocycles.